The van der Waals surface area contributed by atoms with E-state index < -0.39 is 17.8 Å². The van der Waals surface area contributed by atoms with Gasteiger partial charge in [0, 0.05) is 32.4 Å². The molecule has 0 aromatic carbocycles. The molecule has 0 unspecified atom stereocenters. The van der Waals surface area contributed by atoms with Crippen molar-refractivity contribution >= 4 is 23.4 Å². The van der Waals surface area contributed by atoms with Crippen molar-refractivity contribution < 1.29 is 18.0 Å². The van der Waals surface area contributed by atoms with Gasteiger partial charge in [0.05, 0.1) is 10.6 Å². The van der Waals surface area contributed by atoms with Crippen LogP contribution in [0.25, 0.3) is 0 Å². The van der Waals surface area contributed by atoms with Gasteiger partial charge in [0.2, 0.25) is 0 Å². The van der Waals surface area contributed by atoms with Crippen LogP contribution in [-0.4, -0.2) is 54.0 Å². The normalized spacial score (nSPS) is 16.9. The van der Waals surface area contributed by atoms with Gasteiger partial charge in [0.15, 0.2) is 5.82 Å². The molecule has 1 aromatic heterocycles. The Labute approximate surface area is 124 Å². The first kappa shape index (κ1) is 15.8. The summed E-state index contributed by atoms with van der Waals surface area (Å²) >= 11 is 5.74. The topological polar surface area (TPSA) is 48.5 Å². The lowest BCUT2D eigenvalue weighted by Gasteiger charge is -2.32. The Hall–Kier alpha value is -1.54. The zero-order chi connectivity index (χ0) is 15.6. The van der Waals surface area contributed by atoms with E-state index in [-0.39, 0.29) is 10.8 Å². The molecule has 0 aliphatic carbocycles. The number of aromatic nitrogens is 1. The Morgan fingerprint density at radius 1 is 1.33 bits per heavy atom. The number of piperazine rings is 1. The van der Waals surface area contributed by atoms with Gasteiger partial charge < -0.3 is 9.80 Å². The van der Waals surface area contributed by atoms with Crippen molar-refractivity contribution in [1.82, 2.24) is 14.8 Å². The van der Waals surface area contributed by atoms with Crippen LogP contribution >= 0.6 is 11.6 Å². The fourth-order valence-corrected chi connectivity index (χ4v) is 2.09. The van der Waals surface area contributed by atoms with Crippen LogP contribution in [-0.2, 0) is 6.18 Å². The molecular formula is C12H14ClF3N4O. The summed E-state index contributed by atoms with van der Waals surface area (Å²) in [6, 6.07) is 0.325. The highest BCUT2D eigenvalue weighted by atomic mass is 35.5. The number of likely N-dealkylation sites (N-methyl/N-ethyl adjacent to an activating group) is 1. The van der Waals surface area contributed by atoms with Crippen LogP contribution in [0.15, 0.2) is 12.3 Å². The summed E-state index contributed by atoms with van der Waals surface area (Å²) in [4.78, 5) is 19.2. The van der Waals surface area contributed by atoms with Gasteiger partial charge in [-0.3, -0.25) is 5.32 Å². The number of hydrogen-bond acceptors (Lipinski definition) is 3. The largest absolute Gasteiger partial charge is 0.417 e. The monoisotopic (exact) mass is 322 g/mol. The lowest BCUT2D eigenvalue weighted by molar-refractivity contribution is -0.137. The second-order valence-electron chi connectivity index (χ2n) is 4.77. The van der Waals surface area contributed by atoms with Crippen LogP contribution in [0.2, 0.25) is 5.02 Å². The van der Waals surface area contributed by atoms with Crippen molar-refractivity contribution in [2.75, 3.05) is 38.5 Å². The molecule has 5 nitrogen and oxygen atoms in total. The van der Waals surface area contributed by atoms with Gasteiger partial charge in [0.1, 0.15) is 0 Å². The summed E-state index contributed by atoms with van der Waals surface area (Å²) in [6.07, 6.45) is -3.87. The van der Waals surface area contributed by atoms with Gasteiger partial charge in [-0.25, -0.2) is 9.78 Å². The highest BCUT2D eigenvalue weighted by Gasteiger charge is 2.32. The molecule has 2 rings (SSSR count). The Kier molecular flexibility index (Phi) is 4.58. The van der Waals surface area contributed by atoms with E-state index >= 15 is 0 Å². The van der Waals surface area contributed by atoms with Crippen molar-refractivity contribution in [3.8, 4) is 0 Å². The van der Waals surface area contributed by atoms with Crippen molar-refractivity contribution in [2.45, 2.75) is 6.18 Å². The van der Waals surface area contributed by atoms with E-state index in [2.05, 4.69) is 15.2 Å². The minimum atomic E-state index is -4.52. The number of amides is 2. The number of hydrogen-bond donors (Lipinski definition) is 1. The Bertz CT molecular complexity index is 530. The SMILES string of the molecule is CN1CCN(C(=O)Nc2ncc(C(F)(F)F)cc2Cl)CC1. The van der Waals surface area contributed by atoms with E-state index in [1.54, 1.807) is 4.90 Å². The molecule has 116 valence electrons. The number of nitrogens with one attached hydrogen (secondary N) is 1. The first-order valence-electron chi connectivity index (χ1n) is 6.24. The lowest BCUT2D eigenvalue weighted by Crippen LogP contribution is -2.48. The van der Waals surface area contributed by atoms with E-state index in [1.807, 2.05) is 7.05 Å². The minimum absolute atomic E-state index is 0.0754. The maximum Gasteiger partial charge on any atom is 0.417 e. The van der Waals surface area contributed by atoms with Gasteiger partial charge in [-0.15, -0.1) is 0 Å². The van der Waals surface area contributed by atoms with Crippen LogP contribution in [0.3, 0.4) is 0 Å². The predicted octanol–water partition coefficient (Wildman–Crippen LogP) is 2.53. The van der Waals surface area contributed by atoms with Gasteiger partial charge in [-0.05, 0) is 13.1 Å². The standard InChI is InChI=1S/C12H14ClF3N4O/c1-19-2-4-20(5-3-19)11(21)18-10-9(13)6-8(7-17-10)12(14,15)16/h6-7H,2-5H2,1H3,(H,17,18,21). The average molecular weight is 323 g/mol. The van der Waals surface area contributed by atoms with Gasteiger partial charge in [-0.2, -0.15) is 13.2 Å². The third-order valence-corrected chi connectivity index (χ3v) is 3.47. The number of alkyl halides is 3. The van der Waals surface area contributed by atoms with Crippen LogP contribution < -0.4 is 5.32 Å². The van der Waals surface area contributed by atoms with Crippen LogP contribution in [0.4, 0.5) is 23.8 Å². The Morgan fingerprint density at radius 2 is 1.95 bits per heavy atom. The number of anilines is 1. The van der Waals surface area contributed by atoms with E-state index in [0.717, 1.165) is 19.2 Å². The highest BCUT2D eigenvalue weighted by Crippen LogP contribution is 2.32. The fourth-order valence-electron chi connectivity index (χ4n) is 1.87. The number of pyridine rings is 1. The van der Waals surface area contributed by atoms with Gasteiger partial charge >= 0.3 is 12.2 Å². The first-order valence-corrected chi connectivity index (χ1v) is 6.62. The summed E-state index contributed by atoms with van der Waals surface area (Å²) in [7, 11) is 1.95. The molecule has 1 aromatic rings. The minimum Gasteiger partial charge on any atom is -0.322 e. The fraction of sp³-hybridized carbons (Fsp3) is 0.500. The molecule has 21 heavy (non-hydrogen) atoms. The number of urea groups is 1. The molecule has 2 heterocycles. The number of rotatable bonds is 1. The van der Waals surface area contributed by atoms with Crippen molar-refractivity contribution in [3.05, 3.63) is 22.8 Å². The molecule has 0 radical (unpaired) electrons. The molecule has 1 fully saturated rings. The lowest BCUT2D eigenvalue weighted by atomic mass is 10.3. The maximum absolute atomic E-state index is 12.5. The molecular weight excluding hydrogens is 309 g/mol. The molecule has 0 spiro atoms. The molecule has 0 saturated carbocycles. The van der Waals surface area contributed by atoms with Crippen LogP contribution in [0.1, 0.15) is 5.56 Å². The molecule has 1 N–H and O–H groups in total. The quantitative estimate of drug-likeness (QED) is 0.864. The average Bonchev–Trinajstić information content (AvgIpc) is 2.40. The molecule has 0 atom stereocenters. The molecule has 1 aliphatic heterocycles. The summed E-state index contributed by atoms with van der Waals surface area (Å²) in [5.41, 5.74) is -0.954. The van der Waals surface area contributed by atoms with Crippen molar-refractivity contribution in [3.63, 3.8) is 0 Å². The Morgan fingerprint density at radius 3 is 2.48 bits per heavy atom. The van der Waals surface area contributed by atoms with Crippen LogP contribution in [0, 0.1) is 0 Å². The smallest absolute Gasteiger partial charge is 0.322 e. The first-order chi connectivity index (χ1) is 9.77. The van der Waals surface area contributed by atoms with Gasteiger partial charge in [0.25, 0.3) is 0 Å². The number of nitrogens with zero attached hydrogens (tertiary/aromatic N) is 3. The van der Waals surface area contributed by atoms with E-state index in [4.69, 9.17) is 11.6 Å². The molecule has 0 bridgehead atoms. The highest BCUT2D eigenvalue weighted by molar-refractivity contribution is 6.33. The van der Waals surface area contributed by atoms with Crippen LogP contribution in [0.5, 0.6) is 0 Å². The summed E-state index contributed by atoms with van der Waals surface area (Å²) in [6.45, 7) is 2.56. The molecule has 9 heteroatoms. The number of halogens is 4. The van der Waals surface area contributed by atoms with Crippen molar-refractivity contribution in [1.29, 1.82) is 0 Å². The van der Waals surface area contributed by atoms with E-state index in [0.29, 0.717) is 19.3 Å². The van der Waals surface area contributed by atoms with Crippen molar-refractivity contribution in [2.24, 2.45) is 0 Å². The molecule has 2 amide bonds. The zero-order valence-electron chi connectivity index (χ0n) is 11.2. The number of carbonyl (C=O) groups excluding carboxylic acids is 1. The van der Waals surface area contributed by atoms with Gasteiger partial charge in [-0.1, -0.05) is 11.6 Å². The predicted molar refractivity (Wildman–Crippen MR) is 72.3 cm³/mol. The number of carbonyl (C=O) groups is 1. The molecule has 1 saturated heterocycles. The summed E-state index contributed by atoms with van der Waals surface area (Å²) in [5.74, 6) is -0.0754. The third kappa shape index (κ3) is 3.98. The summed E-state index contributed by atoms with van der Waals surface area (Å²) in [5, 5.41) is 2.19. The third-order valence-electron chi connectivity index (χ3n) is 3.18. The van der Waals surface area contributed by atoms with E-state index in [1.165, 1.54) is 0 Å². The second kappa shape index (κ2) is 6.07. The van der Waals surface area contributed by atoms with E-state index in [9.17, 15) is 18.0 Å². The zero-order valence-corrected chi connectivity index (χ0v) is 12.0. The summed E-state index contributed by atoms with van der Waals surface area (Å²) < 4.78 is 37.5. The second-order valence-corrected chi connectivity index (χ2v) is 5.18. The molecule has 1 aliphatic rings. The maximum atomic E-state index is 12.5. The Balaban J connectivity index is 2.04.